The van der Waals surface area contributed by atoms with Gasteiger partial charge in [0.2, 0.25) is 5.91 Å². The lowest BCUT2D eigenvalue weighted by molar-refractivity contribution is -0.143. The maximum Gasteiger partial charge on any atom is 0.305 e. The molecule has 0 aromatic heterocycles. The van der Waals surface area contributed by atoms with Gasteiger partial charge in [0.25, 0.3) is 0 Å². The number of amides is 1. The first-order valence-corrected chi connectivity index (χ1v) is 32.6. The summed E-state index contributed by atoms with van der Waals surface area (Å²) in [6.45, 7) is 4.93. The molecule has 0 spiro atoms. The average molecular weight is 1010 g/mol. The van der Waals surface area contributed by atoms with Crippen LogP contribution in [0.15, 0.2) is 24.3 Å². The lowest BCUT2D eigenvalue weighted by Gasteiger charge is -2.20. The minimum Gasteiger partial charge on any atom is -0.466 e. The lowest BCUT2D eigenvalue weighted by Crippen LogP contribution is -2.45. The van der Waals surface area contributed by atoms with E-state index in [2.05, 4.69) is 31.3 Å². The van der Waals surface area contributed by atoms with Crippen LogP contribution in [0.25, 0.3) is 0 Å². The number of carbonyl (C=O) groups is 2. The third kappa shape index (κ3) is 57.6. The summed E-state index contributed by atoms with van der Waals surface area (Å²) in [6, 6.07) is -0.632. The third-order valence-electron chi connectivity index (χ3n) is 15.2. The molecule has 72 heavy (non-hydrogen) atoms. The molecule has 6 heteroatoms. The molecule has 0 fully saturated rings. The summed E-state index contributed by atoms with van der Waals surface area (Å²) >= 11 is 0. The second-order valence-corrected chi connectivity index (χ2v) is 22.5. The van der Waals surface area contributed by atoms with Gasteiger partial charge in [0.15, 0.2) is 0 Å². The number of esters is 1. The van der Waals surface area contributed by atoms with Crippen LogP contribution in [-0.4, -0.2) is 47.4 Å². The number of aliphatic hydroxyl groups excluding tert-OH is 2. The fourth-order valence-electron chi connectivity index (χ4n) is 10.2. The van der Waals surface area contributed by atoms with Gasteiger partial charge in [-0.05, 0) is 57.8 Å². The van der Waals surface area contributed by atoms with Crippen LogP contribution >= 0.6 is 0 Å². The number of rotatable bonds is 61. The fraction of sp³-hybridized carbons (Fsp3) is 0.909. The van der Waals surface area contributed by atoms with Crippen LogP contribution in [0.1, 0.15) is 361 Å². The molecule has 2 atom stereocenters. The van der Waals surface area contributed by atoms with E-state index in [1.165, 1.54) is 289 Å². The Morgan fingerprint density at radius 3 is 0.986 bits per heavy atom. The first kappa shape index (κ1) is 70.3. The van der Waals surface area contributed by atoms with Crippen molar-refractivity contribution in [1.82, 2.24) is 5.32 Å². The number of allylic oxidation sites excluding steroid dienone is 3. The average Bonchev–Trinajstić information content (AvgIpc) is 3.38. The van der Waals surface area contributed by atoms with Gasteiger partial charge in [-0.3, -0.25) is 9.59 Å². The predicted molar refractivity (Wildman–Crippen MR) is 315 cm³/mol. The van der Waals surface area contributed by atoms with Gasteiger partial charge in [0, 0.05) is 12.8 Å². The second kappa shape index (κ2) is 61.9. The van der Waals surface area contributed by atoms with Crippen molar-refractivity contribution >= 4 is 11.9 Å². The summed E-state index contributed by atoms with van der Waals surface area (Å²) in [5, 5.41) is 23.1. The molecule has 1 amide bonds. The first-order valence-electron chi connectivity index (χ1n) is 32.6. The van der Waals surface area contributed by atoms with Crippen LogP contribution in [0.3, 0.4) is 0 Å². The lowest BCUT2D eigenvalue weighted by atomic mass is 10.0. The van der Waals surface area contributed by atoms with E-state index in [-0.39, 0.29) is 18.5 Å². The SMILES string of the molecule is CCCCCCCCCCCCCCCC/C=C/C(O)C(CO)NC(=O)CCCCCCCCC/C=C\CCCCCCCCCCCCCCOC(=O)CCCCCCCCCCCCCCCCCC. The molecule has 0 aliphatic rings. The van der Waals surface area contributed by atoms with Crippen molar-refractivity contribution in [2.24, 2.45) is 0 Å². The second-order valence-electron chi connectivity index (χ2n) is 22.5. The molecule has 0 aliphatic carbocycles. The highest BCUT2D eigenvalue weighted by molar-refractivity contribution is 5.76. The summed E-state index contributed by atoms with van der Waals surface area (Å²) in [5.74, 6) is -0.0571. The number of nitrogens with one attached hydrogen (secondary N) is 1. The van der Waals surface area contributed by atoms with Gasteiger partial charge in [-0.2, -0.15) is 0 Å². The number of carbonyl (C=O) groups excluding carboxylic acids is 2. The van der Waals surface area contributed by atoms with E-state index in [1.807, 2.05) is 6.08 Å². The Labute approximate surface area is 450 Å². The van der Waals surface area contributed by atoms with Crippen molar-refractivity contribution in [3.63, 3.8) is 0 Å². The van der Waals surface area contributed by atoms with Crippen molar-refractivity contribution in [2.75, 3.05) is 13.2 Å². The monoisotopic (exact) mass is 1010 g/mol. The molecule has 0 heterocycles. The molecule has 0 aliphatic heterocycles. The Morgan fingerprint density at radius 2 is 0.653 bits per heavy atom. The van der Waals surface area contributed by atoms with Gasteiger partial charge in [-0.25, -0.2) is 0 Å². The molecule has 0 bridgehead atoms. The summed E-state index contributed by atoms with van der Waals surface area (Å²) in [7, 11) is 0. The zero-order valence-corrected chi connectivity index (χ0v) is 48.7. The van der Waals surface area contributed by atoms with E-state index in [0.717, 1.165) is 44.9 Å². The van der Waals surface area contributed by atoms with E-state index in [9.17, 15) is 19.8 Å². The Hall–Kier alpha value is -1.66. The van der Waals surface area contributed by atoms with Gasteiger partial charge < -0.3 is 20.3 Å². The Balaban J connectivity index is 3.41. The van der Waals surface area contributed by atoms with Crippen LogP contribution in [0.2, 0.25) is 0 Å². The van der Waals surface area contributed by atoms with E-state index in [0.29, 0.717) is 19.4 Å². The first-order chi connectivity index (χ1) is 35.5. The zero-order valence-electron chi connectivity index (χ0n) is 48.7. The highest BCUT2D eigenvalue weighted by Crippen LogP contribution is 2.18. The van der Waals surface area contributed by atoms with E-state index in [1.54, 1.807) is 6.08 Å². The number of hydrogen-bond donors (Lipinski definition) is 3. The van der Waals surface area contributed by atoms with Crippen LogP contribution in [0.4, 0.5) is 0 Å². The molecule has 0 radical (unpaired) electrons. The normalized spacial score (nSPS) is 12.7. The van der Waals surface area contributed by atoms with Gasteiger partial charge in [-0.15, -0.1) is 0 Å². The number of ether oxygens (including phenoxy) is 1. The topological polar surface area (TPSA) is 95.9 Å². The molecule has 2 unspecified atom stereocenters. The molecule has 6 nitrogen and oxygen atoms in total. The Bertz CT molecular complexity index is 1120. The summed E-state index contributed by atoms with van der Waals surface area (Å²) in [6.07, 6.45) is 76.6. The molecule has 0 aromatic rings. The van der Waals surface area contributed by atoms with Crippen molar-refractivity contribution in [1.29, 1.82) is 0 Å². The number of hydrogen-bond acceptors (Lipinski definition) is 5. The van der Waals surface area contributed by atoms with Crippen LogP contribution in [0, 0.1) is 0 Å². The third-order valence-corrected chi connectivity index (χ3v) is 15.2. The van der Waals surface area contributed by atoms with Crippen molar-refractivity contribution in [2.45, 2.75) is 373 Å². The molecular weight excluding hydrogens is 887 g/mol. The van der Waals surface area contributed by atoms with Gasteiger partial charge in [0.05, 0.1) is 25.4 Å². The van der Waals surface area contributed by atoms with Crippen LogP contribution in [-0.2, 0) is 14.3 Å². The molecule has 0 aromatic carbocycles. The van der Waals surface area contributed by atoms with Crippen molar-refractivity contribution < 1.29 is 24.5 Å². The van der Waals surface area contributed by atoms with Crippen LogP contribution < -0.4 is 5.32 Å². The highest BCUT2D eigenvalue weighted by Gasteiger charge is 2.18. The van der Waals surface area contributed by atoms with Crippen LogP contribution in [0.5, 0.6) is 0 Å². The van der Waals surface area contributed by atoms with Gasteiger partial charge in [0.1, 0.15) is 0 Å². The van der Waals surface area contributed by atoms with Gasteiger partial charge >= 0.3 is 5.97 Å². The highest BCUT2D eigenvalue weighted by atomic mass is 16.5. The molecule has 3 N–H and O–H groups in total. The molecule has 426 valence electrons. The molecule has 0 saturated heterocycles. The largest absolute Gasteiger partial charge is 0.466 e. The zero-order chi connectivity index (χ0) is 52.2. The maximum absolute atomic E-state index is 12.5. The summed E-state index contributed by atoms with van der Waals surface area (Å²) < 4.78 is 5.50. The Kier molecular flexibility index (Phi) is 60.5. The minimum absolute atomic E-state index is 0.0149. The summed E-state index contributed by atoms with van der Waals surface area (Å²) in [5.41, 5.74) is 0. The van der Waals surface area contributed by atoms with E-state index in [4.69, 9.17) is 4.74 Å². The Morgan fingerprint density at radius 1 is 0.375 bits per heavy atom. The van der Waals surface area contributed by atoms with Crippen molar-refractivity contribution in [3.8, 4) is 0 Å². The standard InChI is InChI=1S/C66H127NO5/c1-3-5-7-9-11-13-15-17-19-30-34-38-42-46-50-54-58-64(69)63(62-68)67-65(70)59-55-51-47-43-39-35-31-28-26-24-22-21-23-25-27-29-33-37-41-45-49-53-57-61-72-66(71)60-56-52-48-44-40-36-32-20-18-16-14-12-10-8-6-4-2/h24,26,54,58,63-64,68-69H,3-23,25,27-53,55-57,59-62H2,1-2H3,(H,67,70)/b26-24-,58-54+. The molecule has 0 saturated carbocycles. The van der Waals surface area contributed by atoms with E-state index >= 15 is 0 Å². The summed E-state index contributed by atoms with van der Waals surface area (Å²) in [4.78, 5) is 24.6. The number of unbranched alkanes of at least 4 members (excludes halogenated alkanes) is 48. The fourth-order valence-corrected chi connectivity index (χ4v) is 10.2. The van der Waals surface area contributed by atoms with E-state index < -0.39 is 12.1 Å². The quantitative estimate of drug-likeness (QED) is 0.0320. The molecular formula is C66H127NO5. The minimum atomic E-state index is -0.848. The predicted octanol–water partition coefficient (Wildman–Crippen LogP) is 20.6. The molecule has 0 rings (SSSR count). The number of aliphatic hydroxyl groups is 2. The smallest absolute Gasteiger partial charge is 0.305 e. The van der Waals surface area contributed by atoms with Gasteiger partial charge in [-0.1, -0.05) is 314 Å². The van der Waals surface area contributed by atoms with Crippen molar-refractivity contribution in [3.05, 3.63) is 24.3 Å². The maximum atomic E-state index is 12.5.